The van der Waals surface area contributed by atoms with Crippen LogP contribution in [0.25, 0.3) is 0 Å². The second kappa shape index (κ2) is 5.54. The first-order chi connectivity index (χ1) is 8.11. The minimum absolute atomic E-state index is 0.309. The molecule has 0 spiro atoms. The average molecular weight is 383 g/mol. The highest BCUT2D eigenvalue weighted by atomic mass is 127. The molecular formula is C12H9ClFIOS. The molecule has 1 unspecified atom stereocenters. The highest BCUT2D eigenvalue weighted by Crippen LogP contribution is 2.37. The molecule has 0 aliphatic heterocycles. The van der Waals surface area contributed by atoms with Crippen molar-refractivity contribution in [1.29, 1.82) is 0 Å². The van der Waals surface area contributed by atoms with E-state index < -0.39 is 0 Å². The summed E-state index contributed by atoms with van der Waals surface area (Å²) in [6.45, 7) is 0. The van der Waals surface area contributed by atoms with Crippen molar-refractivity contribution in [2.24, 2.45) is 0 Å². The molecule has 1 aromatic heterocycles. The Balaban J connectivity index is 2.42. The third-order valence-corrected chi connectivity index (χ3v) is 4.64. The summed E-state index contributed by atoms with van der Waals surface area (Å²) in [4.78, 5) is 0. The van der Waals surface area contributed by atoms with Crippen molar-refractivity contribution in [2.45, 2.75) is 5.38 Å². The minimum atomic E-state index is -0.389. The van der Waals surface area contributed by atoms with Crippen LogP contribution in [0.3, 0.4) is 0 Å². The molecule has 1 heterocycles. The zero-order valence-electron chi connectivity index (χ0n) is 8.91. The Kier molecular flexibility index (Phi) is 4.27. The molecular weight excluding hydrogens is 374 g/mol. The van der Waals surface area contributed by atoms with Crippen LogP contribution in [0.15, 0.2) is 29.6 Å². The summed E-state index contributed by atoms with van der Waals surface area (Å²) in [7, 11) is 1.55. The molecule has 1 aromatic carbocycles. The Bertz CT molecular complexity index is 529. The summed E-state index contributed by atoms with van der Waals surface area (Å²) in [5.74, 6) is 0.295. The fourth-order valence-electron chi connectivity index (χ4n) is 1.54. The van der Waals surface area contributed by atoms with Gasteiger partial charge in [-0.2, -0.15) is 0 Å². The molecule has 0 aliphatic rings. The first kappa shape index (κ1) is 13.1. The number of ether oxygens (including phenoxy) is 1. The zero-order valence-corrected chi connectivity index (χ0v) is 12.6. The molecule has 0 saturated heterocycles. The van der Waals surface area contributed by atoms with Gasteiger partial charge in [0, 0.05) is 5.56 Å². The first-order valence-electron chi connectivity index (χ1n) is 4.83. The third-order valence-electron chi connectivity index (χ3n) is 2.35. The van der Waals surface area contributed by atoms with E-state index in [0.29, 0.717) is 11.3 Å². The highest BCUT2D eigenvalue weighted by Gasteiger charge is 2.17. The third kappa shape index (κ3) is 2.92. The van der Waals surface area contributed by atoms with E-state index >= 15 is 0 Å². The van der Waals surface area contributed by atoms with Crippen LogP contribution in [-0.2, 0) is 0 Å². The lowest BCUT2D eigenvalue weighted by atomic mass is 10.1. The van der Waals surface area contributed by atoms with Crippen molar-refractivity contribution in [3.8, 4) is 5.75 Å². The smallest absolute Gasteiger partial charge is 0.124 e. The van der Waals surface area contributed by atoms with Crippen LogP contribution < -0.4 is 4.74 Å². The van der Waals surface area contributed by atoms with Gasteiger partial charge in [0.1, 0.15) is 11.6 Å². The number of benzene rings is 1. The summed E-state index contributed by atoms with van der Waals surface area (Å²) in [5.41, 5.74) is 1.62. The van der Waals surface area contributed by atoms with Gasteiger partial charge < -0.3 is 4.74 Å². The van der Waals surface area contributed by atoms with Gasteiger partial charge >= 0.3 is 0 Å². The fourth-order valence-corrected chi connectivity index (χ4v) is 3.31. The Morgan fingerprint density at radius 3 is 2.76 bits per heavy atom. The average Bonchev–Trinajstić information content (AvgIpc) is 2.75. The Morgan fingerprint density at radius 1 is 1.41 bits per heavy atom. The van der Waals surface area contributed by atoms with E-state index in [2.05, 4.69) is 22.6 Å². The normalized spacial score (nSPS) is 12.5. The van der Waals surface area contributed by atoms with Crippen LogP contribution in [0.4, 0.5) is 4.39 Å². The lowest BCUT2D eigenvalue weighted by Gasteiger charge is -2.13. The molecule has 2 aromatic rings. The molecule has 1 atom stereocenters. The largest absolute Gasteiger partial charge is 0.496 e. The SMILES string of the molecule is COc1ccc(F)cc1C(Cl)c1csc(I)c1. The van der Waals surface area contributed by atoms with Gasteiger partial charge in [-0.3, -0.25) is 0 Å². The van der Waals surface area contributed by atoms with E-state index in [4.69, 9.17) is 16.3 Å². The molecule has 0 amide bonds. The molecule has 0 fully saturated rings. The number of hydrogen-bond acceptors (Lipinski definition) is 2. The van der Waals surface area contributed by atoms with E-state index in [1.807, 2.05) is 11.4 Å². The standard InChI is InChI=1S/C12H9ClFIOS/c1-16-10-3-2-8(14)5-9(10)12(13)7-4-11(15)17-6-7/h2-6,12H,1H3. The van der Waals surface area contributed by atoms with Crippen molar-refractivity contribution in [3.05, 3.63) is 49.5 Å². The lowest BCUT2D eigenvalue weighted by Crippen LogP contribution is -1.97. The summed E-state index contributed by atoms with van der Waals surface area (Å²) in [6, 6.07) is 6.37. The van der Waals surface area contributed by atoms with Crippen molar-refractivity contribution in [2.75, 3.05) is 7.11 Å². The Hall–Kier alpha value is -0.330. The van der Waals surface area contributed by atoms with E-state index in [1.165, 1.54) is 12.1 Å². The second-order valence-corrected chi connectivity index (χ2v) is 6.67. The van der Waals surface area contributed by atoms with Crippen LogP contribution in [0.1, 0.15) is 16.5 Å². The van der Waals surface area contributed by atoms with Crippen LogP contribution in [0.5, 0.6) is 5.75 Å². The Labute approximate surface area is 122 Å². The van der Waals surface area contributed by atoms with Crippen LogP contribution in [-0.4, -0.2) is 7.11 Å². The molecule has 5 heteroatoms. The summed E-state index contributed by atoms with van der Waals surface area (Å²) in [5, 5.41) is 1.59. The fraction of sp³-hybridized carbons (Fsp3) is 0.167. The van der Waals surface area contributed by atoms with Gasteiger partial charge in [-0.25, -0.2) is 4.39 Å². The maximum absolute atomic E-state index is 13.3. The van der Waals surface area contributed by atoms with Crippen molar-refractivity contribution >= 4 is 45.5 Å². The van der Waals surface area contributed by atoms with E-state index in [9.17, 15) is 4.39 Å². The van der Waals surface area contributed by atoms with E-state index in [-0.39, 0.29) is 11.2 Å². The van der Waals surface area contributed by atoms with Crippen LogP contribution in [0.2, 0.25) is 0 Å². The lowest BCUT2D eigenvalue weighted by molar-refractivity contribution is 0.409. The van der Waals surface area contributed by atoms with E-state index in [1.54, 1.807) is 24.5 Å². The topological polar surface area (TPSA) is 9.23 Å². The second-order valence-electron chi connectivity index (χ2n) is 3.43. The predicted octanol–water partition coefficient (Wildman–Crippen LogP) is 4.83. The maximum atomic E-state index is 13.3. The number of halogens is 3. The van der Waals surface area contributed by atoms with Crippen molar-refractivity contribution in [3.63, 3.8) is 0 Å². The summed E-state index contributed by atoms with van der Waals surface area (Å²) in [6.07, 6.45) is 0. The van der Waals surface area contributed by atoms with Gasteiger partial charge in [-0.15, -0.1) is 22.9 Å². The van der Waals surface area contributed by atoms with Crippen molar-refractivity contribution < 1.29 is 9.13 Å². The number of thiophene rings is 1. The zero-order chi connectivity index (χ0) is 12.4. The molecule has 0 bridgehead atoms. The minimum Gasteiger partial charge on any atom is -0.496 e. The van der Waals surface area contributed by atoms with Gasteiger partial charge in [0.25, 0.3) is 0 Å². The number of alkyl halides is 1. The highest BCUT2D eigenvalue weighted by molar-refractivity contribution is 14.1. The summed E-state index contributed by atoms with van der Waals surface area (Å²) >= 11 is 10.2. The molecule has 90 valence electrons. The predicted molar refractivity (Wildman–Crippen MR) is 77.7 cm³/mol. The molecule has 0 N–H and O–H groups in total. The van der Waals surface area contributed by atoms with Crippen LogP contribution in [0, 0.1) is 8.70 Å². The number of hydrogen-bond donors (Lipinski definition) is 0. The van der Waals surface area contributed by atoms with Gasteiger partial charge in [0.2, 0.25) is 0 Å². The molecule has 0 aliphatic carbocycles. The van der Waals surface area contributed by atoms with Crippen molar-refractivity contribution in [1.82, 2.24) is 0 Å². The monoisotopic (exact) mass is 382 g/mol. The van der Waals surface area contributed by atoms with Gasteiger partial charge in [0.05, 0.1) is 15.4 Å². The van der Waals surface area contributed by atoms with Gasteiger partial charge in [0.15, 0.2) is 0 Å². The molecule has 0 radical (unpaired) electrons. The quantitative estimate of drug-likeness (QED) is 0.546. The number of rotatable bonds is 3. The maximum Gasteiger partial charge on any atom is 0.124 e. The molecule has 0 saturated carbocycles. The molecule has 17 heavy (non-hydrogen) atoms. The first-order valence-corrected chi connectivity index (χ1v) is 7.22. The Morgan fingerprint density at radius 2 is 2.18 bits per heavy atom. The van der Waals surface area contributed by atoms with Gasteiger partial charge in [-0.05, 0) is 57.8 Å². The van der Waals surface area contributed by atoms with E-state index in [0.717, 1.165) is 8.45 Å². The molecule has 2 rings (SSSR count). The van der Waals surface area contributed by atoms with Crippen LogP contribution >= 0.6 is 45.5 Å². The van der Waals surface area contributed by atoms with Gasteiger partial charge in [-0.1, -0.05) is 0 Å². The number of methoxy groups -OCH3 is 1. The molecule has 1 nitrogen and oxygen atoms in total. The summed E-state index contributed by atoms with van der Waals surface area (Å²) < 4.78 is 19.6.